The second kappa shape index (κ2) is 6.86. The second-order valence-electron chi connectivity index (χ2n) is 5.12. The smallest absolute Gasteiger partial charge is 0.338 e. The number of para-hydroxylation sites is 1. The molecule has 0 saturated heterocycles. The van der Waals surface area contributed by atoms with E-state index in [1.807, 2.05) is 0 Å². The molecule has 8 heteroatoms. The Balaban J connectivity index is 2.22. The van der Waals surface area contributed by atoms with Gasteiger partial charge >= 0.3 is 5.97 Å². The average Bonchev–Trinajstić information content (AvgIpc) is 2.54. The zero-order valence-corrected chi connectivity index (χ0v) is 13.0. The summed E-state index contributed by atoms with van der Waals surface area (Å²) < 4.78 is 5.26. The summed E-state index contributed by atoms with van der Waals surface area (Å²) >= 11 is 0. The molecule has 2 aromatic rings. The quantitative estimate of drug-likeness (QED) is 0.469. The van der Waals surface area contributed by atoms with Gasteiger partial charge in [0.25, 0.3) is 11.4 Å². The molecule has 0 heterocycles. The molecule has 0 saturated carbocycles. The number of hydrogen-bond acceptors (Lipinski definition) is 6. The third kappa shape index (κ3) is 3.54. The molecule has 124 valence electrons. The number of nitro groups is 2. The number of benzene rings is 2. The minimum absolute atomic E-state index is 0.0988. The number of carbonyl (C=O) groups excluding carboxylic acids is 1. The highest BCUT2D eigenvalue weighted by molar-refractivity contribution is 5.90. The Morgan fingerprint density at radius 2 is 1.67 bits per heavy atom. The first kappa shape index (κ1) is 17.1. The van der Waals surface area contributed by atoms with Crippen LogP contribution in [0.25, 0.3) is 0 Å². The van der Waals surface area contributed by atoms with E-state index in [4.69, 9.17) is 4.74 Å². The molecule has 0 N–H and O–H groups in total. The van der Waals surface area contributed by atoms with Crippen molar-refractivity contribution in [3.05, 3.63) is 79.4 Å². The maximum Gasteiger partial charge on any atom is 0.338 e. The fourth-order valence-electron chi connectivity index (χ4n) is 2.28. The maximum absolute atomic E-state index is 12.2. The number of rotatable bonds is 5. The maximum atomic E-state index is 12.2. The van der Waals surface area contributed by atoms with Crippen molar-refractivity contribution >= 4 is 17.3 Å². The van der Waals surface area contributed by atoms with Crippen molar-refractivity contribution in [1.82, 2.24) is 0 Å². The summed E-state index contributed by atoms with van der Waals surface area (Å²) in [6, 6.07) is 9.85. The first-order chi connectivity index (χ1) is 11.3. The molecule has 1 unspecified atom stereocenters. The zero-order chi connectivity index (χ0) is 17.9. The van der Waals surface area contributed by atoms with Crippen LogP contribution in [-0.2, 0) is 4.74 Å². The first-order valence-corrected chi connectivity index (χ1v) is 7.00. The monoisotopic (exact) mass is 330 g/mol. The van der Waals surface area contributed by atoms with Gasteiger partial charge in [0, 0.05) is 17.7 Å². The van der Waals surface area contributed by atoms with Crippen LogP contribution in [0, 0.1) is 27.2 Å². The van der Waals surface area contributed by atoms with Crippen molar-refractivity contribution in [3.8, 4) is 0 Å². The van der Waals surface area contributed by atoms with Gasteiger partial charge in [-0.3, -0.25) is 20.2 Å². The van der Waals surface area contributed by atoms with Crippen molar-refractivity contribution in [2.24, 2.45) is 0 Å². The molecule has 0 fully saturated rings. The summed E-state index contributed by atoms with van der Waals surface area (Å²) in [4.78, 5) is 32.9. The number of hydrogen-bond donors (Lipinski definition) is 0. The lowest BCUT2D eigenvalue weighted by atomic mass is 10.1. The van der Waals surface area contributed by atoms with Crippen LogP contribution >= 0.6 is 0 Å². The molecule has 1 atom stereocenters. The van der Waals surface area contributed by atoms with Gasteiger partial charge in [-0.25, -0.2) is 4.79 Å². The van der Waals surface area contributed by atoms with E-state index in [-0.39, 0.29) is 22.5 Å². The number of nitrogens with zero attached hydrogens (tertiary/aromatic N) is 2. The van der Waals surface area contributed by atoms with Crippen LogP contribution in [0.2, 0.25) is 0 Å². The molecule has 2 rings (SSSR count). The summed E-state index contributed by atoms with van der Waals surface area (Å²) in [5, 5.41) is 21.8. The van der Waals surface area contributed by atoms with Crippen molar-refractivity contribution in [1.29, 1.82) is 0 Å². The highest BCUT2D eigenvalue weighted by Gasteiger charge is 2.22. The number of nitro benzene ring substituents is 2. The van der Waals surface area contributed by atoms with E-state index in [0.717, 1.165) is 0 Å². The third-order valence-corrected chi connectivity index (χ3v) is 3.48. The van der Waals surface area contributed by atoms with E-state index in [2.05, 4.69) is 0 Å². The number of aryl methyl sites for hydroxylation is 1. The van der Waals surface area contributed by atoms with Gasteiger partial charge in [0.2, 0.25) is 0 Å². The first-order valence-electron chi connectivity index (χ1n) is 7.00. The lowest BCUT2D eigenvalue weighted by molar-refractivity contribution is -0.386. The Kier molecular flexibility index (Phi) is 4.88. The van der Waals surface area contributed by atoms with E-state index in [9.17, 15) is 25.0 Å². The highest BCUT2D eigenvalue weighted by Crippen LogP contribution is 2.28. The Labute approximate surface area is 137 Å². The Morgan fingerprint density at radius 1 is 1.04 bits per heavy atom. The normalized spacial score (nSPS) is 11.6. The summed E-state index contributed by atoms with van der Waals surface area (Å²) in [5.74, 6) is -0.710. The van der Waals surface area contributed by atoms with Crippen molar-refractivity contribution in [2.75, 3.05) is 0 Å². The molecule has 0 aromatic heterocycles. The Morgan fingerprint density at radius 3 is 2.25 bits per heavy atom. The minimum Gasteiger partial charge on any atom is -0.454 e. The van der Waals surface area contributed by atoms with Gasteiger partial charge in [0.15, 0.2) is 0 Å². The molecule has 0 amide bonds. The molecule has 0 bridgehead atoms. The summed E-state index contributed by atoms with van der Waals surface area (Å²) in [5.41, 5.74) is 0.502. The molecule has 8 nitrogen and oxygen atoms in total. The molecule has 0 radical (unpaired) electrons. The Bertz CT molecular complexity index is 818. The van der Waals surface area contributed by atoms with Crippen LogP contribution in [0.3, 0.4) is 0 Å². The molecule has 2 aromatic carbocycles. The molecular weight excluding hydrogens is 316 g/mol. The topological polar surface area (TPSA) is 113 Å². The van der Waals surface area contributed by atoms with Crippen LogP contribution in [0.15, 0.2) is 42.5 Å². The van der Waals surface area contributed by atoms with Crippen molar-refractivity contribution < 1.29 is 19.4 Å². The van der Waals surface area contributed by atoms with E-state index in [1.165, 1.54) is 50.2 Å². The number of ether oxygens (including phenoxy) is 1. The van der Waals surface area contributed by atoms with Crippen LogP contribution in [-0.4, -0.2) is 15.8 Å². The fourth-order valence-corrected chi connectivity index (χ4v) is 2.28. The van der Waals surface area contributed by atoms with Crippen molar-refractivity contribution in [3.63, 3.8) is 0 Å². The fraction of sp³-hybridized carbons (Fsp3) is 0.188. The van der Waals surface area contributed by atoms with Gasteiger partial charge in [-0.05, 0) is 32.0 Å². The predicted molar refractivity (Wildman–Crippen MR) is 84.8 cm³/mol. The SMILES string of the molecule is Cc1cc(C(=O)OC(C)c2ccccc2[N+](=O)[O-])ccc1[N+](=O)[O-]. The van der Waals surface area contributed by atoms with E-state index < -0.39 is 21.9 Å². The van der Waals surface area contributed by atoms with Gasteiger partial charge in [0.1, 0.15) is 6.10 Å². The lowest BCUT2D eigenvalue weighted by Gasteiger charge is -2.14. The second-order valence-corrected chi connectivity index (χ2v) is 5.12. The van der Waals surface area contributed by atoms with Gasteiger partial charge in [-0.1, -0.05) is 12.1 Å². The third-order valence-electron chi connectivity index (χ3n) is 3.48. The summed E-state index contributed by atoms with van der Waals surface area (Å²) in [6.45, 7) is 3.04. The van der Waals surface area contributed by atoms with Crippen LogP contribution in [0.1, 0.15) is 34.5 Å². The summed E-state index contributed by atoms with van der Waals surface area (Å²) in [6.07, 6.45) is -0.838. The van der Waals surface area contributed by atoms with Crippen LogP contribution in [0.4, 0.5) is 11.4 Å². The van der Waals surface area contributed by atoms with Crippen LogP contribution < -0.4 is 0 Å². The van der Waals surface area contributed by atoms with E-state index in [0.29, 0.717) is 5.56 Å². The van der Waals surface area contributed by atoms with E-state index in [1.54, 1.807) is 6.07 Å². The molecule has 0 spiro atoms. The lowest BCUT2D eigenvalue weighted by Crippen LogP contribution is -2.11. The predicted octanol–water partition coefficient (Wildman–Crippen LogP) is 3.73. The average molecular weight is 330 g/mol. The largest absolute Gasteiger partial charge is 0.454 e. The Hall–Kier alpha value is -3.29. The van der Waals surface area contributed by atoms with Crippen LogP contribution in [0.5, 0.6) is 0 Å². The molecule has 0 aliphatic heterocycles. The molecule has 0 aliphatic rings. The van der Waals surface area contributed by atoms with Gasteiger partial charge < -0.3 is 4.74 Å². The van der Waals surface area contributed by atoms with Gasteiger partial charge in [-0.2, -0.15) is 0 Å². The molecular formula is C16H14N2O6. The van der Waals surface area contributed by atoms with E-state index >= 15 is 0 Å². The minimum atomic E-state index is -0.838. The molecule has 0 aliphatic carbocycles. The summed E-state index contributed by atoms with van der Waals surface area (Å²) in [7, 11) is 0. The highest BCUT2D eigenvalue weighted by atomic mass is 16.6. The van der Waals surface area contributed by atoms with Gasteiger partial charge in [-0.15, -0.1) is 0 Å². The molecule has 24 heavy (non-hydrogen) atoms. The van der Waals surface area contributed by atoms with Gasteiger partial charge in [0.05, 0.1) is 21.0 Å². The van der Waals surface area contributed by atoms with Crippen molar-refractivity contribution in [2.45, 2.75) is 20.0 Å². The number of carbonyl (C=O) groups is 1. The standard InChI is InChI=1S/C16H14N2O6/c1-10-9-12(7-8-14(10)17(20)21)16(19)24-11(2)13-5-3-4-6-15(13)18(22)23/h3-9,11H,1-2H3. The zero-order valence-electron chi connectivity index (χ0n) is 13.0. The number of esters is 1.